The van der Waals surface area contributed by atoms with Crippen molar-refractivity contribution in [3.05, 3.63) is 60.3 Å². The van der Waals surface area contributed by atoms with Crippen LogP contribution < -0.4 is 10.0 Å². The van der Waals surface area contributed by atoms with Crippen LogP contribution >= 0.6 is 0 Å². The molecule has 7 nitrogen and oxygen atoms in total. The largest absolute Gasteiger partial charge is 0.346 e. The summed E-state index contributed by atoms with van der Waals surface area (Å²) in [5, 5.41) is 3.94. The van der Waals surface area contributed by atoms with E-state index in [-0.39, 0.29) is 16.8 Å². The third-order valence-corrected chi connectivity index (χ3v) is 7.40. The summed E-state index contributed by atoms with van der Waals surface area (Å²) < 4.78 is 29.8. The van der Waals surface area contributed by atoms with Gasteiger partial charge in [0.05, 0.1) is 4.90 Å². The average molecular weight is 455 g/mol. The first-order valence-electron chi connectivity index (χ1n) is 11.1. The number of hydrogen-bond donors (Lipinski definition) is 2. The van der Waals surface area contributed by atoms with Gasteiger partial charge in [0.15, 0.2) is 0 Å². The minimum Gasteiger partial charge on any atom is -0.346 e. The first kappa shape index (κ1) is 22.5. The lowest BCUT2D eigenvalue weighted by Crippen LogP contribution is -2.26. The molecule has 0 saturated heterocycles. The molecule has 0 aliphatic heterocycles. The van der Waals surface area contributed by atoms with Crippen molar-refractivity contribution in [2.24, 2.45) is 0 Å². The molecule has 0 radical (unpaired) electrons. The lowest BCUT2D eigenvalue weighted by Gasteiger charge is -2.18. The van der Waals surface area contributed by atoms with Gasteiger partial charge in [0.25, 0.3) is 5.91 Å². The molecule has 8 heteroatoms. The fourth-order valence-electron chi connectivity index (χ4n) is 3.76. The molecule has 2 aromatic carbocycles. The highest BCUT2D eigenvalue weighted by molar-refractivity contribution is 7.89. The first-order chi connectivity index (χ1) is 15.4. The Balaban J connectivity index is 1.46. The van der Waals surface area contributed by atoms with Crippen molar-refractivity contribution in [3.63, 3.8) is 0 Å². The molecule has 1 aromatic heterocycles. The van der Waals surface area contributed by atoms with Crippen LogP contribution in [-0.2, 0) is 16.6 Å². The van der Waals surface area contributed by atoms with E-state index < -0.39 is 10.0 Å². The van der Waals surface area contributed by atoms with Crippen LogP contribution in [0.3, 0.4) is 0 Å². The smallest absolute Gasteiger partial charge is 0.255 e. The van der Waals surface area contributed by atoms with Gasteiger partial charge in [-0.25, -0.2) is 13.1 Å². The van der Waals surface area contributed by atoms with Gasteiger partial charge in [-0.3, -0.25) is 4.79 Å². The molecule has 1 fully saturated rings. The second-order valence-electron chi connectivity index (χ2n) is 8.19. The van der Waals surface area contributed by atoms with Crippen molar-refractivity contribution in [2.45, 2.75) is 44.2 Å². The fourth-order valence-corrected chi connectivity index (χ4v) is 5.11. The van der Waals surface area contributed by atoms with E-state index in [1.807, 2.05) is 24.3 Å². The number of likely N-dealkylation sites (N-methyl/N-ethyl adjacent to an activating group) is 1. The second-order valence-corrected chi connectivity index (χ2v) is 9.90. The van der Waals surface area contributed by atoms with Gasteiger partial charge < -0.3 is 14.8 Å². The molecule has 4 rings (SSSR count). The summed E-state index contributed by atoms with van der Waals surface area (Å²) in [7, 11) is -3.60. The Morgan fingerprint density at radius 3 is 2.59 bits per heavy atom. The summed E-state index contributed by atoms with van der Waals surface area (Å²) in [6, 6.07) is 14.0. The maximum atomic E-state index is 12.8. The highest BCUT2D eigenvalue weighted by atomic mass is 32.2. The number of aromatic nitrogens is 1. The molecular formula is C24H30N4O3S. The zero-order chi connectivity index (χ0) is 22.7. The molecule has 1 aliphatic rings. The molecule has 2 N–H and O–H groups in total. The average Bonchev–Trinajstić information content (AvgIpc) is 3.51. The normalized spacial score (nSPS) is 14.2. The van der Waals surface area contributed by atoms with Crippen LogP contribution in [0.15, 0.2) is 59.6 Å². The van der Waals surface area contributed by atoms with Crippen LogP contribution in [0.5, 0.6) is 0 Å². The van der Waals surface area contributed by atoms with E-state index in [9.17, 15) is 13.2 Å². The zero-order valence-corrected chi connectivity index (χ0v) is 19.4. The predicted molar refractivity (Wildman–Crippen MR) is 127 cm³/mol. The predicted octanol–water partition coefficient (Wildman–Crippen LogP) is 3.68. The summed E-state index contributed by atoms with van der Waals surface area (Å²) in [6.07, 6.45) is 3.79. The number of sulfonamides is 1. The molecule has 32 heavy (non-hydrogen) atoms. The Bertz CT molecular complexity index is 1210. The van der Waals surface area contributed by atoms with Crippen molar-refractivity contribution in [1.82, 2.24) is 14.2 Å². The monoisotopic (exact) mass is 454 g/mol. The van der Waals surface area contributed by atoms with Crippen LogP contribution in [0.2, 0.25) is 0 Å². The second kappa shape index (κ2) is 9.44. The van der Waals surface area contributed by atoms with Gasteiger partial charge in [-0.05, 0) is 68.4 Å². The number of anilines is 1. The number of carbonyl (C=O) groups is 1. The van der Waals surface area contributed by atoms with Crippen LogP contribution in [0.25, 0.3) is 10.9 Å². The van der Waals surface area contributed by atoms with Gasteiger partial charge in [0.2, 0.25) is 10.0 Å². The van der Waals surface area contributed by atoms with E-state index >= 15 is 0 Å². The SMILES string of the molecule is CCN(CC)CCn1ccc2cc(NC(=O)c3cccc(S(=O)(=O)NC4CC4)c3)ccc21. The van der Waals surface area contributed by atoms with Gasteiger partial charge in [0.1, 0.15) is 0 Å². The number of amides is 1. The van der Waals surface area contributed by atoms with E-state index in [1.165, 1.54) is 12.1 Å². The summed E-state index contributed by atoms with van der Waals surface area (Å²) in [5.74, 6) is -0.339. The van der Waals surface area contributed by atoms with Crippen molar-refractivity contribution in [3.8, 4) is 0 Å². The van der Waals surface area contributed by atoms with Crippen molar-refractivity contribution in [2.75, 3.05) is 25.0 Å². The molecule has 1 heterocycles. The zero-order valence-electron chi connectivity index (χ0n) is 18.5. The summed E-state index contributed by atoms with van der Waals surface area (Å²) in [5.41, 5.74) is 2.10. The number of hydrogen-bond acceptors (Lipinski definition) is 4. The molecule has 1 aliphatic carbocycles. The molecule has 1 amide bonds. The lowest BCUT2D eigenvalue weighted by atomic mass is 10.2. The number of carbonyl (C=O) groups excluding carboxylic acids is 1. The van der Waals surface area contributed by atoms with Gasteiger partial charge in [-0.2, -0.15) is 0 Å². The van der Waals surface area contributed by atoms with Gasteiger partial charge in [0, 0.05) is 47.5 Å². The first-order valence-corrected chi connectivity index (χ1v) is 12.6. The summed E-state index contributed by atoms with van der Waals surface area (Å²) >= 11 is 0. The third kappa shape index (κ3) is 5.20. The molecule has 0 spiro atoms. The number of rotatable bonds is 10. The quantitative estimate of drug-likeness (QED) is 0.490. The molecular weight excluding hydrogens is 424 g/mol. The van der Waals surface area contributed by atoms with Gasteiger partial charge >= 0.3 is 0 Å². The topological polar surface area (TPSA) is 83.4 Å². The number of nitrogens with zero attached hydrogens (tertiary/aromatic N) is 2. The van der Waals surface area contributed by atoms with E-state index in [4.69, 9.17) is 0 Å². The van der Waals surface area contributed by atoms with Crippen LogP contribution in [-0.4, -0.2) is 49.5 Å². The maximum Gasteiger partial charge on any atom is 0.255 e. The lowest BCUT2D eigenvalue weighted by molar-refractivity contribution is 0.102. The van der Waals surface area contributed by atoms with Gasteiger partial charge in [-0.1, -0.05) is 19.9 Å². The van der Waals surface area contributed by atoms with Crippen molar-refractivity contribution in [1.29, 1.82) is 0 Å². The van der Waals surface area contributed by atoms with Gasteiger partial charge in [-0.15, -0.1) is 0 Å². The van der Waals surface area contributed by atoms with Crippen LogP contribution in [0, 0.1) is 0 Å². The molecule has 3 aromatic rings. The fraction of sp³-hybridized carbons (Fsp3) is 0.375. The minimum atomic E-state index is -3.60. The van der Waals surface area contributed by atoms with Crippen molar-refractivity contribution < 1.29 is 13.2 Å². The third-order valence-electron chi connectivity index (χ3n) is 5.89. The van der Waals surface area contributed by atoms with Crippen molar-refractivity contribution >= 4 is 32.5 Å². The van der Waals surface area contributed by atoms with Crippen LogP contribution in [0.4, 0.5) is 5.69 Å². The highest BCUT2D eigenvalue weighted by Gasteiger charge is 2.28. The Morgan fingerprint density at radius 1 is 1.09 bits per heavy atom. The standard InChI is InChI=1S/C24H30N4O3S/c1-3-27(4-2)14-15-28-13-12-18-16-21(10-11-23(18)28)25-24(29)19-6-5-7-22(17-19)32(30,31)26-20-8-9-20/h5-7,10-13,16-17,20,26H,3-4,8-9,14-15H2,1-2H3,(H,25,29). The number of nitrogens with one attached hydrogen (secondary N) is 2. The van der Waals surface area contributed by atoms with E-state index in [0.29, 0.717) is 11.3 Å². The van der Waals surface area contributed by atoms with E-state index in [0.717, 1.165) is 49.9 Å². The molecule has 0 unspecified atom stereocenters. The Labute approximate surface area is 189 Å². The Kier molecular flexibility index (Phi) is 6.64. The van der Waals surface area contributed by atoms with E-state index in [2.05, 4.69) is 39.6 Å². The number of benzene rings is 2. The van der Waals surface area contributed by atoms with E-state index in [1.54, 1.807) is 12.1 Å². The maximum absolute atomic E-state index is 12.8. The Hall–Kier alpha value is -2.68. The summed E-state index contributed by atoms with van der Waals surface area (Å²) in [6.45, 7) is 8.30. The minimum absolute atomic E-state index is 0.0172. The highest BCUT2D eigenvalue weighted by Crippen LogP contribution is 2.24. The Morgan fingerprint density at radius 2 is 1.88 bits per heavy atom. The molecule has 170 valence electrons. The summed E-state index contributed by atoms with van der Waals surface area (Å²) in [4.78, 5) is 15.3. The molecule has 0 bridgehead atoms. The van der Waals surface area contributed by atoms with Crippen LogP contribution in [0.1, 0.15) is 37.0 Å². The number of fused-ring (bicyclic) bond motifs is 1. The molecule has 0 atom stereocenters. The molecule has 1 saturated carbocycles.